The standard InChI is InChI=1S/C16H24N2O/c1-4-12-5-7-13(8-6-12)15(19)18-10-9-16(2,3)14(17)11-18/h5-8,14H,4,9-11,17H2,1-3H3. The van der Waals surface area contributed by atoms with Crippen LogP contribution in [0.25, 0.3) is 0 Å². The summed E-state index contributed by atoms with van der Waals surface area (Å²) in [6.07, 6.45) is 1.96. The number of hydrogen-bond donors (Lipinski definition) is 1. The Morgan fingerprint density at radius 1 is 1.37 bits per heavy atom. The van der Waals surface area contributed by atoms with Gasteiger partial charge in [-0.25, -0.2) is 0 Å². The third-order valence-electron chi connectivity index (χ3n) is 4.34. The van der Waals surface area contributed by atoms with Gasteiger partial charge in [0.05, 0.1) is 0 Å². The fraction of sp³-hybridized carbons (Fsp3) is 0.562. The first-order valence-electron chi connectivity index (χ1n) is 7.08. The number of benzene rings is 1. The van der Waals surface area contributed by atoms with E-state index in [2.05, 4.69) is 20.8 Å². The lowest BCUT2D eigenvalue weighted by molar-refractivity contribution is 0.0575. The van der Waals surface area contributed by atoms with Crippen LogP contribution < -0.4 is 5.73 Å². The van der Waals surface area contributed by atoms with Crippen molar-refractivity contribution >= 4 is 5.91 Å². The Hall–Kier alpha value is -1.35. The summed E-state index contributed by atoms with van der Waals surface area (Å²) in [4.78, 5) is 14.3. The summed E-state index contributed by atoms with van der Waals surface area (Å²) >= 11 is 0. The van der Waals surface area contributed by atoms with Crippen LogP contribution in [0.5, 0.6) is 0 Å². The van der Waals surface area contributed by atoms with Gasteiger partial charge in [-0.15, -0.1) is 0 Å². The predicted molar refractivity (Wildman–Crippen MR) is 78.1 cm³/mol. The Balaban J connectivity index is 2.08. The molecule has 1 saturated heterocycles. The van der Waals surface area contributed by atoms with Crippen molar-refractivity contribution in [1.29, 1.82) is 0 Å². The first-order valence-corrected chi connectivity index (χ1v) is 7.08. The van der Waals surface area contributed by atoms with Gasteiger partial charge in [0.2, 0.25) is 0 Å². The molecule has 0 aliphatic carbocycles. The molecule has 1 aromatic rings. The van der Waals surface area contributed by atoms with Gasteiger partial charge in [0, 0.05) is 24.7 Å². The Morgan fingerprint density at radius 3 is 2.53 bits per heavy atom. The molecule has 1 heterocycles. The molecule has 0 saturated carbocycles. The zero-order chi connectivity index (χ0) is 14.0. The molecular formula is C16H24N2O. The maximum absolute atomic E-state index is 12.4. The normalized spacial score (nSPS) is 22.3. The van der Waals surface area contributed by atoms with Gasteiger partial charge in [-0.05, 0) is 36.0 Å². The molecule has 0 radical (unpaired) electrons. The average molecular weight is 260 g/mol. The number of rotatable bonds is 2. The zero-order valence-electron chi connectivity index (χ0n) is 12.1. The molecule has 1 unspecified atom stereocenters. The van der Waals surface area contributed by atoms with Crippen molar-refractivity contribution in [3.63, 3.8) is 0 Å². The minimum absolute atomic E-state index is 0.0557. The minimum Gasteiger partial charge on any atom is -0.337 e. The molecule has 1 atom stereocenters. The molecule has 3 nitrogen and oxygen atoms in total. The van der Waals surface area contributed by atoms with Crippen LogP contribution in [0.3, 0.4) is 0 Å². The van der Waals surface area contributed by atoms with Crippen molar-refractivity contribution in [2.45, 2.75) is 39.7 Å². The van der Waals surface area contributed by atoms with E-state index in [1.807, 2.05) is 29.2 Å². The Labute approximate surface area is 115 Å². The maximum Gasteiger partial charge on any atom is 0.253 e. The van der Waals surface area contributed by atoms with Crippen LogP contribution >= 0.6 is 0 Å². The Morgan fingerprint density at radius 2 is 2.00 bits per heavy atom. The Bertz CT molecular complexity index is 450. The van der Waals surface area contributed by atoms with Crippen molar-refractivity contribution in [3.05, 3.63) is 35.4 Å². The third-order valence-corrected chi connectivity index (χ3v) is 4.34. The van der Waals surface area contributed by atoms with Gasteiger partial charge in [-0.1, -0.05) is 32.9 Å². The highest BCUT2D eigenvalue weighted by Gasteiger charge is 2.34. The minimum atomic E-state index is 0.0557. The molecule has 0 spiro atoms. The van der Waals surface area contributed by atoms with Gasteiger partial charge in [-0.3, -0.25) is 4.79 Å². The quantitative estimate of drug-likeness (QED) is 0.888. The van der Waals surface area contributed by atoms with Crippen molar-refractivity contribution in [2.24, 2.45) is 11.1 Å². The number of hydrogen-bond acceptors (Lipinski definition) is 2. The summed E-state index contributed by atoms with van der Waals surface area (Å²) in [5.74, 6) is 0.105. The SMILES string of the molecule is CCc1ccc(C(=O)N2CCC(C)(C)C(N)C2)cc1. The fourth-order valence-electron chi connectivity index (χ4n) is 2.43. The first kappa shape index (κ1) is 14.1. The van der Waals surface area contributed by atoms with Crippen molar-refractivity contribution in [3.8, 4) is 0 Å². The molecule has 2 rings (SSSR count). The summed E-state index contributed by atoms with van der Waals surface area (Å²) in [5.41, 5.74) is 8.32. The molecule has 3 heteroatoms. The van der Waals surface area contributed by atoms with E-state index in [1.54, 1.807) is 0 Å². The van der Waals surface area contributed by atoms with E-state index in [0.717, 1.165) is 24.9 Å². The molecular weight excluding hydrogens is 236 g/mol. The number of aryl methyl sites for hydroxylation is 1. The van der Waals surface area contributed by atoms with Crippen molar-refractivity contribution in [2.75, 3.05) is 13.1 Å². The number of piperidine rings is 1. The number of likely N-dealkylation sites (tertiary alicyclic amines) is 1. The molecule has 104 valence electrons. The monoisotopic (exact) mass is 260 g/mol. The average Bonchev–Trinajstić information content (AvgIpc) is 2.41. The van der Waals surface area contributed by atoms with Crippen LogP contribution in [-0.4, -0.2) is 29.9 Å². The number of nitrogens with zero attached hydrogens (tertiary/aromatic N) is 1. The number of nitrogens with two attached hydrogens (primary N) is 1. The topological polar surface area (TPSA) is 46.3 Å². The highest BCUT2D eigenvalue weighted by molar-refractivity contribution is 5.94. The summed E-state index contributed by atoms with van der Waals surface area (Å²) in [6.45, 7) is 7.92. The molecule has 1 aromatic carbocycles. The van der Waals surface area contributed by atoms with Crippen molar-refractivity contribution < 1.29 is 4.79 Å². The lowest BCUT2D eigenvalue weighted by Gasteiger charge is -2.42. The van der Waals surface area contributed by atoms with Crippen LogP contribution in [-0.2, 0) is 6.42 Å². The van der Waals surface area contributed by atoms with Gasteiger partial charge >= 0.3 is 0 Å². The van der Waals surface area contributed by atoms with Crippen LogP contribution in [0.4, 0.5) is 0 Å². The van der Waals surface area contributed by atoms with Crippen LogP contribution in [0.15, 0.2) is 24.3 Å². The van der Waals surface area contributed by atoms with Gasteiger partial charge in [0.1, 0.15) is 0 Å². The highest BCUT2D eigenvalue weighted by Crippen LogP contribution is 2.29. The zero-order valence-corrected chi connectivity index (χ0v) is 12.1. The van der Waals surface area contributed by atoms with E-state index in [9.17, 15) is 4.79 Å². The van der Waals surface area contributed by atoms with Crippen LogP contribution in [0.2, 0.25) is 0 Å². The van der Waals surface area contributed by atoms with E-state index < -0.39 is 0 Å². The van der Waals surface area contributed by atoms with Gasteiger partial charge in [0.15, 0.2) is 0 Å². The summed E-state index contributed by atoms with van der Waals surface area (Å²) in [5, 5.41) is 0. The van der Waals surface area contributed by atoms with E-state index in [1.165, 1.54) is 5.56 Å². The second-order valence-corrected chi connectivity index (χ2v) is 6.15. The second-order valence-electron chi connectivity index (χ2n) is 6.15. The molecule has 1 amide bonds. The molecule has 1 aliphatic heterocycles. The first-order chi connectivity index (χ1) is 8.94. The molecule has 1 aliphatic rings. The molecule has 0 bridgehead atoms. The van der Waals surface area contributed by atoms with Crippen LogP contribution in [0.1, 0.15) is 43.1 Å². The highest BCUT2D eigenvalue weighted by atomic mass is 16.2. The molecule has 1 fully saturated rings. The largest absolute Gasteiger partial charge is 0.337 e. The molecule has 19 heavy (non-hydrogen) atoms. The number of carbonyl (C=O) groups is 1. The maximum atomic E-state index is 12.4. The summed E-state index contributed by atoms with van der Waals surface area (Å²) < 4.78 is 0. The van der Waals surface area contributed by atoms with E-state index in [-0.39, 0.29) is 17.4 Å². The summed E-state index contributed by atoms with van der Waals surface area (Å²) in [6, 6.07) is 7.96. The van der Waals surface area contributed by atoms with Gasteiger partial charge < -0.3 is 10.6 Å². The number of carbonyl (C=O) groups excluding carboxylic acids is 1. The molecule has 0 aromatic heterocycles. The van der Waals surface area contributed by atoms with E-state index in [0.29, 0.717) is 6.54 Å². The second kappa shape index (κ2) is 5.33. The lowest BCUT2D eigenvalue weighted by Crippen LogP contribution is -2.54. The third kappa shape index (κ3) is 2.98. The van der Waals surface area contributed by atoms with E-state index in [4.69, 9.17) is 5.73 Å². The predicted octanol–water partition coefficient (Wildman–Crippen LogP) is 2.45. The van der Waals surface area contributed by atoms with Crippen molar-refractivity contribution in [1.82, 2.24) is 4.90 Å². The smallest absolute Gasteiger partial charge is 0.253 e. The van der Waals surface area contributed by atoms with Gasteiger partial charge in [0.25, 0.3) is 5.91 Å². The summed E-state index contributed by atoms with van der Waals surface area (Å²) in [7, 11) is 0. The fourth-order valence-corrected chi connectivity index (χ4v) is 2.43. The Kier molecular flexibility index (Phi) is 3.95. The van der Waals surface area contributed by atoms with E-state index >= 15 is 0 Å². The van der Waals surface area contributed by atoms with Gasteiger partial charge in [-0.2, -0.15) is 0 Å². The lowest BCUT2D eigenvalue weighted by atomic mass is 9.78. The number of amides is 1. The molecule has 2 N–H and O–H groups in total. The van der Waals surface area contributed by atoms with Crippen LogP contribution in [0, 0.1) is 5.41 Å².